The maximum atomic E-state index is 12.0. The third kappa shape index (κ3) is 3.56. The van der Waals surface area contributed by atoms with E-state index in [4.69, 9.17) is 5.11 Å². The fraction of sp³-hybridized carbons (Fsp3) is 0.538. The molecule has 20 heavy (non-hydrogen) atoms. The standard InChI is InChI=1S/C13H18N2O4S/c1-8(11-3-2-4-20-11)14-12(17)7-15-6-9(16)5-10(15)13(18)19/h2-4,8-10,16H,5-7H2,1H3,(H,14,17)(H,18,19). The summed E-state index contributed by atoms with van der Waals surface area (Å²) < 4.78 is 0. The molecule has 0 aliphatic carbocycles. The molecule has 0 saturated carbocycles. The van der Waals surface area contributed by atoms with Crippen molar-refractivity contribution in [2.75, 3.05) is 13.1 Å². The van der Waals surface area contributed by atoms with Crippen LogP contribution in [0, 0.1) is 0 Å². The summed E-state index contributed by atoms with van der Waals surface area (Å²) in [6, 6.07) is 2.97. The lowest BCUT2D eigenvalue weighted by Gasteiger charge is -2.21. The third-order valence-electron chi connectivity index (χ3n) is 3.36. The molecule has 7 heteroatoms. The van der Waals surface area contributed by atoms with Gasteiger partial charge in [0, 0.05) is 17.8 Å². The number of β-amino-alcohol motifs (C(OH)–C–C–N with tert-alkyl or cyclic N) is 1. The number of nitrogens with zero attached hydrogens (tertiary/aromatic N) is 1. The number of carbonyl (C=O) groups excluding carboxylic acids is 1. The molecule has 1 fully saturated rings. The summed E-state index contributed by atoms with van der Waals surface area (Å²) in [7, 11) is 0. The molecule has 0 bridgehead atoms. The van der Waals surface area contributed by atoms with Crippen LogP contribution in [0.1, 0.15) is 24.3 Å². The third-order valence-corrected chi connectivity index (χ3v) is 4.42. The highest BCUT2D eigenvalue weighted by atomic mass is 32.1. The summed E-state index contributed by atoms with van der Waals surface area (Å²) in [5, 5.41) is 23.4. The number of carboxylic acids is 1. The average Bonchev–Trinajstić information content (AvgIpc) is 2.98. The minimum atomic E-state index is -0.999. The first-order valence-electron chi connectivity index (χ1n) is 6.45. The van der Waals surface area contributed by atoms with E-state index in [1.807, 2.05) is 24.4 Å². The van der Waals surface area contributed by atoms with Crippen LogP contribution in [0.5, 0.6) is 0 Å². The van der Waals surface area contributed by atoms with Crippen LogP contribution in [0.3, 0.4) is 0 Å². The van der Waals surface area contributed by atoms with Crippen molar-refractivity contribution in [2.45, 2.75) is 31.5 Å². The van der Waals surface area contributed by atoms with Gasteiger partial charge in [0.2, 0.25) is 5.91 Å². The van der Waals surface area contributed by atoms with E-state index < -0.39 is 18.1 Å². The highest BCUT2D eigenvalue weighted by Crippen LogP contribution is 2.20. The second-order valence-electron chi connectivity index (χ2n) is 4.98. The lowest BCUT2D eigenvalue weighted by atomic mass is 10.2. The predicted molar refractivity (Wildman–Crippen MR) is 74.5 cm³/mol. The van der Waals surface area contributed by atoms with Crippen LogP contribution in [-0.2, 0) is 9.59 Å². The van der Waals surface area contributed by atoms with Crippen molar-refractivity contribution in [3.05, 3.63) is 22.4 Å². The van der Waals surface area contributed by atoms with Crippen LogP contribution in [-0.4, -0.2) is 52.2 Å². The number of hydrogen-bond acceptors (Lipinski definition) is 5. The second-order valence-corrected chi connectivity index (χ2v) is 5.96. The molecule has 0 spiro atoms. The molecular weight excluding hydrogens is 280 g/mol. The number of rotatable bonds is 5. The average molecular weight is 298 g/mol. The molecule has 0 aromatic carbocycles. The van der Waals surface area contributed by atoms with E-state index in [9.17, 15) is 14.7 Å². The zero-order valence-electron chi connectivity index (χ0n) is 11.2. The van der Waals surface area contributed by atoms with Gasteiger partial charge in [0.15, 0.2) is 0 Å². The summed E-state index contributed by atoms with van der Waals surface area (Å²) in [5.41, 5.74) is 0. The number of aliphatic hydroxyl groups excluding tert-OH is 1. The molecule has 1 amide bonds. The lowest BCUT2D eigenvalue weighted by molar-refractivity contribution is -0.142. The number of aliphatic carboxylic acids is 1. The van der Waals surface area contributed by atoms with Gasteiger partial charge in [0.25, 0.3) is 0 Å². The van der Waals surface area contributed by atoms with E-state index in [-0.39, 0.29) is 31.5 Å². The van der Waals surface area contributed by atoms with Gasteiger partial charge < -0.3 is 15.5 Å². The van der Waals surface area contributed by atoms with E-state index in [2.05, 4.69) is 5.32 Å². The van der Waals surface area contributed by atoms with Gasteiger partial charge in [-0.2, -0.15) is 0 Å². The number of nitrogens with one attached hydrogen (secondary N) is 1. The van der Waals surface area contributed by atoms with Gasteiger partial charge in [0.1, 0.15) is 6.04 Å². The molecule has 1 saturated heterocycles. The molecule has 3 N–H and O–H groups in total. The van der Waals surface area contributed by atoms with E-state index in [1.54, 1.807) is 11.3 Å². The Hall–Kier alpha value is -1.44. The summed E-state index contributed by atoms with van der Waals surface area (Å²) in [6.45, 7) is 2.10. The number of amides is 1. The maximum Gasteiger partial charge on any atom is 0.321 e. The fourth-order valence-corrected chi connectivity index (χ4v) is 3.13. The summed E-state index contributed by atoms with van der Waals surface area (Å²) in [6.07, 6.45) is -0.512. The first kappa shape index (κ1) is 15.0. The zero-order chi connectivity index (χ0) is 14.7. The van der Waals surface area contributed by atoms with Crippen molar-refractivity contribution in [2.24, 2.45) is 0 Å². The SMILES string of the molecule is CC(NC(=O)CN1CC(O)CC1C(=O)O)c1cccs1. The number of carboxylic acid groups (broad SMARTS) is 1. The van der Waals surface area contributed by atoms with Gasteiger partial charge in [-0.1, -0.05) is 6.07 Å². The normalized spacial score (nSPS) is 24.5. The van der Waals surface area contributed by atoms with Crippen molar-refractivity contribution in [1.29, 1.82) is 0 Å². The monoisotopic (exact) mass is 298 g/mol. The fourth-order valence-electron chi connectivity index (χ4n) is 2.39. The molecule has 1 aromatic heterocycles. The molecule has 2 heterocycles. The van der Waals surface area contributed by atoms with Gasteiger partial charge in [-0.25, -0.2) is 0 Å². The molecule has 0 radical (unpaired) electrons. The molecule has 3 unspecified atom stereocenters. The van der Waals surface area contributed by atoms with Gasteiger partial charge in [-0.15, -0.1) is 11.3 Å². The summed E-state index contributed by atoms with van der Waals surface area (Å²) in [4.78, 5) is 25.6. The first-order valence-corrected chi connectivity index (χ1v) is 7.33. The van der Waals surface area contributed by atoms with Crippen LogP contribution in [0.2, 0.25) is 0 Å². The molecule has 1 aliphatic rings. The van der Waals surface area contributed by atoms with E-state index in [1.165, 1.54) is 4.90 Å². The Morgan fingerprint density at radius 3 is 2.95 bits per heavy atom. The Kier molecular flexibility index (Phi) is 4.74. The molecule has 6 nitrogen and oxygen atoms in total. The highest BCUT2D eigenvalue weighted by molar-refractivity contribution is 7.10. The van der Waals surface area contributed by atoms with E-state index in [0.717, 1.165) is 4.88 Å². The molecule has 2 rings (SSSR count). The number of aliphatic hydroxyl groups is 1. The molecule has 1 aromatic rings. The topological polar surface area (TPSA) is 89.9 Å². The Bertz CT molecular complexity index is 477. The largest absolute Gasteiger partial charge is 0.480 e. The van der Waals surface area contributed by atoms with Crippen LogP contribution in [0.4, 0.5) is 0 Å². The van der Waals surface area contributed by atoms with Crippen molar-refractivity contribution in [3.8, 4) is 0 Å². The van der Waals surface area contributed by atoms with E-state index >= 15 is 0 Å². The van der Waals surface area contributed by atoms with Gasteiger partial charge in [-0.3, -0.25) is 14.5 Å². The molecular formula is C13H18N2O4S. The Balaban J connectivity index is 1.89. The Morgan fingerprint density at radius 2 is 2.35 bits per heavy atom. The van der Waals surface area contributed by atoms with Crippen molar-refractivity contribution >= 4 is 23.2 Å². The number of hydrogen-bond donors (Lipinski definition) is 3. The minimum Gasteiger partial charge on any atom is -0.480 e. The summed E-state index contributed by atoms with van der Waals surface area (Å²) >= 11 is 1.56. The van der Waals surface area contributed by atoms with E-state index in [0.29, 0.717) is 0 Å². The van der Waals surface area contributed by atoms with Gasteiger partial charge in [0.05, 0.1) is 18.7 Å². The van der Waals surface area contributed by atoms with Crippen LogP contribution >= 0.6 is 11.3 Å². The minimum absolute atomic E-state index is 0.0102. The Morgan fingerprint density at radius 1 is 1.60 bits per heavy atom. The Labute approximate surface area is 121 Å². The molecule has 110 valence electrons. The predicted octanol–water partition coefficient (Wildman–Crippen LogP) is 0.445. The van der Waals surface area contributed by atoms with Gasteiger partial charge >= 0.3 is 5.97 Å². The lowest BCUT2D eigenvalue weighted by Crippen LogP contribution is -2.43. The summed E-state index contributed by atoms with van der Waals surface area (Å²) in [5.74, 6) is -1.23. The number of likely N-dealkylation sites (tertiary alicyclic amines) is 1. The van der Waals surface area contributed by atoms with Crippen LogP contribution < -0.4 is 5.32 Å². The molecule has 3 atom stereocenters. The zero-order valence-corrected chi connectivity index (χ0v) is 12.0. The number of carbonyl (C=O) groups is 2. The first-order chi connectivity index (χ1) is 9.47. The highest BCUT2D eigenvalue weighted by Gasteiger charge is 2.36. The van der Waals surface area contributed by atoms with Crippen molar-refractivity contribution in [1.82, 2.24) is 10.2 Å². The number of thiophene rings is 1. The van der Waals surface area contributed by atoms with Crippen LogP contribution in [0.15, 0.2) is 17.5 Å². The quantitative estimate of drug-likeness (QED) is 0.734. The second kappa shape index (κ2) is 6.34. The maximum absolute atomic E-state index is 12.0. The van der Waals surface area contributed by atoms with Crippen molar-refractivity contribution < 1.29 is 19.8 Å². The van der Waals surface area contributed by atoms with Gasteiger partial charge in [-0.05, 0) is 18.4 Å². The van der Waals surface area contributed by atoms with Crippen LogP contribution in [0.25, 0.3) is 0 Å². The smallest absolute Gasteiger partial charge is 0.321 e. The molecule has 1 aliphatic heterocycles. The van der Waals surface area contributed by atoms with Crippen molar-refractivity contribution in [3.63, 3.8) is 0 Å².